The van der Waals surface area contributed by atoms with Crippen LogP contribution in [0.5, 0.6) is 0 Å². The van der Waals surface area contributed by atoms with Crippen molar-refractivity contribution in [1.29, 1.82) is 0 Å². The third kappa shape index (κ3) is 28.1. The molecule has 35 heavy (non-hydrogen) atoms. The molecule has 0 radical (unpaired) electrons. The van der Waals surface area contributed by atoms with Gasteiger partial charge in [-0.1, -0.05) is 71.1 Å². The van der Waals surface area contributed by atoms with Crippen LogP contribution >= 0.6 is 0 Å². The number of hydrogen-bond acceptors (Lipinski definition) is 7. The third-order valence-electron chi connectivity index (χ3n) is 5.71. The van der Waals surface area contributed by atoms with Crippen LogP contribution in [0.15, 0.2) is 0 Å². The molecule has 0 spiro atoms. The van der Waals surface area contributed by atoms with Gasteiger partial charge in [-0.25, -0.2) is 0 Å². The lowest BCUT2D eigenvalue weighted by Crippen LogP contribution is -2.27. The summed E-state index contributed by atoms with van der Waals surface area (Å²) in [5.41, 5.74) is 0. The van der Waals surface area contributed by atoms with Crippen molar-refractivity contribution in [1.82, 2.24) is 0 Å². The molecular formula is C28H58O7. The van der Waals surface area contributed by atoms with Gasteiger partial charge in [-0.3, -0.25) is 0 Å². The SMILES string of the molecule is CCCCCCCCCCCCCOCC(C)OCC(C)OCC(C)OCCOCCOCCO. The Bertz CT molecular complexity index is 398. The fourth-order valence-electron chi connectivity index (χ4n) is 3.56. The minimum atomic E-state index is -0.00163. The first-order valence-electron chi connectivity index (χ1n) is 14.3. The van der Waals surface area contributed by atoms with Crippen LogP contribution in [0.4, 0.5) is 0 Å². The molecule has 0 aliphatic carbocycles. The summed E-state index contributed by atoms with van der Waals surface area (Å²) in [7, 11) is 0. The van der Waals surface area contributed by atoms with Crippen LogP contribution in [0.2, 0.25) is 0 Å². The number of unbranched alkanes of at least 4 members (excludes halogenated alkanes) is 10. The second-order valence-electron chi connectivity index (χ2n) is 9.53. The quantitative estimate of drug-likeness (QED) is 0.133. The molecule has 0 saturated heterocycles. The van der Waals surface area contributed by atoms with E-state index in [0.717, 1.165) is 13.0 Å². The average Bonchev–Trinajstić information content (AvgIpc) is 2.85. The molecular weight excluding hydrogens is 448 g/mol. The molecule has 0 aliphatic rings. The normalized spacial score (nSPS) is 14.3. The number of aliphatic hydroxyl groups is 1. The summed E-state index contributed by atoms with van der Waals surface area (Å²) in [5, 5.41) is 8.61. The topological polar surface area (TPSA) is 75.6 Å². The first-order chi connectivity index (χ1) is 17.1. The van der Waals surface area contributed by atoms with Gasteiger partial charge in [-0.15, -0.1) is 0 Å². The highest BCUT2D eigenvalue weighted by Gasteiger charge is 2.10. The molecule has 0 aromatic carbocycles. The predicted molar refractivity (Wildman–Crippen MR) is 142 cm³/mol. The molecule has 0 fully saturated rings. The lowest BCUT2D eigenvalue weighted by Gasteiger charge is -2.20. The first-order valence-corrected chi connectivity index (χ1v) is 14.3. The maximum Gasteiger partial charge on any atom is 0.0781 e. The summed E-state index contributed by atoms with van der Waals surface area (Å²) in [4.78, 5) is 0. The fraction of sp³-hybridized carbons (Fsp3) is 1.00. The number of aliphatic hydroxyl groups excluding tert-OH is 1. The van der Waals surface area contributed by atoms with Crippen LogP contribution in [0.1, 0.15) is 98.3 Å². The van der Waals surface area contributed by atoms with E-state index >= 15 is 0 Å². The Balaban J connectivity index is 3.39. The Hall–Kier alpha value is -0.280. The summed E-state index contributed by atoms with van der Waals surface area (Å²) in [6, 6.07) is 0. The van der Waals surface area contributed by atoms with Crippen LogP contribution in [0, 0.1) is 0 Å². The molecule has 212 valence electrons. The monoisotopic (exact) mass is 506 g/mol. The average molecular weight is 507 g/mol. The van der Waals surface area contributed by atoms with Crippen molar-refractivity contribution in [2.75, 3.05) is 66.1 Å². The standard InChI is InChI=1S/C28H58O7/c1-5-6-7-8-9-10-11-12-13-14-15-17-32-23-26(2)34-25-28(4)35-24-27(3)33-22-21-31-20-19-30-18-16-29/h26-29H,5-25H2,1-4H3. The van der Waals surface area contributed by atoms with Gasteiger partial charge in [0.1, 0.15) is 0 Å². The second-order valence-corrected chi connectivity index (χ2v) is 9.53. The lowest BCUT2D eigenvalue weighted by atomic mass is 10.1. The van der Waals surface area contributed by atoms with Gasteiger partial charge in [0.05, 0.1) is 77.8 Å². The molecule has 0 aromatic heterocycles. The molecule has 0 saturated carbocycles. The van der Waals surface area contributed by atoms with E-state index in [-0.39, 0.29) is 24.9 Å². The van der Waals surface area contributed by atoms with Crippen LogP contribution in [-0.2, 0) is 28.4 Å². The van der Waals surface area contributed by atoms with Crippen molar-refractivity contribution in [3.05, 3.63) is 0 Å². The smallest absolute Gasteiger partial charge is 0.0781 e. The minimum absolute atomic E-state index is 0.00163. The van der Waals surface area contributed by atoms with Crippen LogP contribution in [0.25, 0.3) is 0 Å². The molecule has 0 aliphatic heterocycles. The van der Waals surface area contributed by atoms with Crippen molar-refractivity contribution in [2.45, 2.75) is 117 Å². The van der Waals surface area contributed by atoms with E-state index in [0.29, 0.717) is 52.9 Å². The van der Waals surface area contributed by atoms with Crippen molar-refractivity contribution in [3.8, 4) is 0 Å². The zero-order chi connectivity index (χ0) is 25.8. The number of ether oxygens (including phenoxy) is 6. The summed E-state index contributed by atoms with van der Waals surface area (Å²) in [6.07, 6.45) is 14.9. The first kappa shape index (κ1) is 34.7. The van der Waals surface area contributed by atoms with Crippen LogP contribution in [-0.4, -0.2) is 89.5 Å². The molecule has 7 heteroatoms. The van der Waals surface area contributed by atoms with Gasteiger partial charge in [-0.05, 0) is 27.2 Å². The Morgan fingerprint density at radius 1 is 0.457 bits per heavy atom. The fourth-order valence-corrected chi connectivity index (χ4v) is 3.56. The Kier molecular flexibility index (Phi) is 28.1. The van der Waals surface area contributed by atoms with Gasteiger partial charge in [0.25, 0.3) is 0 Å². The molecule has 0 bridgehead atoms. The second kappa shape index (κ2) is 28.3. The van der Waals surface area contributed by atoms with Gasteiger partial charge < -0.3 is 33.5 Å². The van der Waals surface area contributed by atoms with E-state index in [1.54, 1.807) is 0 Å². The van der Waals surface area contributed by atoms with E-state index in [4.69, 9.17) is 33.5 Å². The van der Waals surface area contributed by atoms with E-state index < -0.39 is 0 Å². The van der Waals surface area contributed by atoms with Crippen molar-refractivity contribution < 1.29 is 33.5 Å². The lowest BCUT2D eigenvalue weighted by molar-refractivity contribution is -0.0852. The van der Waals surface area contributed by atoms with Gasteiger partial charge in [-0.2, -0.15) is 0 Å². The highest BCUT2D eigenvalue weighted by molar-refractivity contribution is 4.56. The van der Waals surface area contributed by atoms with Crippen molar-refractivity contribution >= 4 is 0 Å². The number of hydrogen-bond donors (Lipinski definition) is 1. The van der Waals surface area contributed by atoms with Crippen molar-refractivity contribution in [2.24, 2.45) is 0 Å². The summed E-state index contributed by atoms with van der Waals surface area (Å²) in [5.74, 6) is 0. The molecule has 3 atom stereocenters. The van der Waals surface area contributed by atoms with E-state index in [1.165, 1.54) is 64.2 Å². The van der Waals surface area contributed by atoms with E-state index in [2.05, 4.69) is 6.92 Å². The van der Waals surface area contributed by atoms with Gasteiger partial charge in [0.2, 0.25) is 0 Å². The van der Waals surface area contributed by atoms with E-state index in [1.807, 2.05) is 20.8 Å². The highest BCUT2D eigenvalue weighted by atomic mass is 16.6. The Labute approximate surface area is 216 Å². The molecule has 1 N–H and O–H groups in total. The maximum absolute atomic E-state index is 8.61. The minimum Gasteiger partial charge on any atom is -0.394 e. The Morgan fingerprint density at radius 3 is 1.49 bits per heavy atom. The molecule has 0 aromatic rings. The molecule has 0 amide bonds. The predicted octanol–water partition coefficient (Wildman–Crippen LogP) is 5.55. The van der Waals surface area contributed by atoms with Gasteiger partial charge in [0, 0.05) is 6.61 Å². The van der Waals surface area contributed by atoms with Crippen LogP contribution < -0.4 is 0 Å². The zero-order valence-electron chi connectivity index (χ0n) is 23.5. The Morgan fingerprint density at radius 2 is 0.914 bits per heavy atom. The highest BCUT2D eigenvalue weighted by Crippen LogP contribution is 2.11. The summed E-state index contributed by atoms with van der Waals surface area (Å²) >= 11 is 0. The summed E-state index contributed by atoms with van der Waals surface area (Å²) < 4.78 is 33.7. The van der Waals surface area contributed by atoms with Gasteiger partial charge >= 0.3 is 0 Å². The number of rotatable bonds is 29. The van der Waals surface area contributed by atoms with Gasteiger partial charge in [0.15, 0.2) is 0 Å². The zero-order valence-corrected chi connectivity index (χ0v) is 23.5. The molecule has 3 unspecified atom stereocenters. The summed E-state index contributed by atoms with van der Waals surface area (Å²) in [6.45, 7) is 13.3. The molecule has 7 nitrogen and oxygen atoms in total. The molecule has 0 heterocycles. The van der Waals surface area contributed by atoms with Crippen LogP contribution in [0.3, 0.4) is 0 Å². The third-order valence-corrected chi connectivity index (χ3v) is 5.71. The van der Waals surface area contributed by atoms with Crippen molar-refractivity contribution in [3.63, 3.8) is 0 Å². The maximum atomic E-state index is 8.61. The van der Waals surface area contributed by atoms with E-state index in [9.17, 15) is 0 Å². The molecule has 0 rings (SSSR count). The largest absolute Gasteiger partial charge is 0.394 e.